The van der Waals surface area contributed by atoms with Gasteiger partial charge in [0.05, 0.1) is 5.56 Å². The van der Waals surface area contributed by atoms with E-state index in [1.807, 2.05) is 31.2 Å². The standard InChI is InChI=1S/C23H22FN3O2S/c1-16-7-9-17(10-8-16)21-25-20(15-30-21)23(29)27-12-4-11-26(13-14-27)22(28)18-5-2-3-6-19(18)24/h2-3,5-10,15H,4,11-14H2,1H3. The van der Waals surface area contributed by atoms with Gasteiger partial charge in [0.25, 0.3) is 11.8 Å². The van der Waals surface area contributed by atoms with Crippen LogP contribution in [0, 0.1) is 12.7 Å². The second-order valence-electron chi connectivity index (χ2n) is 7.32. The molecule has 154 valence electrons. The summed E-state index contributed by atoms with van der Waals surface area (Å²) in [7, 11) is 0. The fourth-order valence-electron chi connectivity index (χ4n) is 3.49. The van der Waals surface area contributed by atoms with E-state index < -0.39 is 5.82 Å². The second-order valence-corrected chi connectivity index (χ2v) is 8.18. The van der Waals surface area contributed by atoms with Crippen molar-refractivity contribution in [3.8, 4) is 10.6 Å². The zero-order valence-corrected chi connectivity index (χ0v) is 17.5. The molecule has 4 rings (SSSR count). The topological polar surface area (TPSA) is 53.5 Å². The van der Waals surface area contributed by atoms with Crippen molar-refractivity contribution in [2.75, 3.05) is 26.2 Å². The molecule has 2 aromatic carbocycles. The smallest absolute Gasteiger partial charge is 0.273 e. The van der Waals surface area contributed by atoms with E-state index in [1.165, 1.54) is 29.0 Å². The van der Waals surface area contributed by atoms with Crippen LogP contribution >= 0.6 is 11.3 Å². The molecule has 0 unspecified atom stereocenters. The van der Waals surface area contributed by atoms with Gasteiger partial charge in [0.2, 0.25) is 0 Å². The molecule has 0 aliphatic carbocycles. The van der Waals surface area contributed by atoms with Crippen molar-refractivity contribution in [2.45, 2.75) is 13.3 Å². The number of carbonyl (C=O) groups is 2. The van der Waals surface area contributed by atoms with Crippen molar-refractivity contribution in [3.05, 3.63) is 76.5 Å². The summed E-state index contributed by atoms with van der Waals surface area (Å²) in [5.74, 6) is -0.992. The van der Waals surface area contributed by atoms with E-state index >= 15 is 0 Å². The molecular formula is C23H22FN3O2S. The molecule has 2 heterocycles. The van der Waals surface area contributed by atoms with E-state index in [4.69, 9.17) is 0 Å². The Balaban J connectivity index is 1.43. The molecule has 30 heavy (non-hydrogen) atoms. The fraction of sp³-hybridized carbons (Fsp3) is 0.261. The molecule has 3 aromatic rings. The maximum Gasteiger partial charge on any atom is 0.273 e. The lowest BCUT2D eigenvalue weighted by atomic mass is 10.2. The lowest BCUT2D eigenvalue weighted by Crippen LogP contribution is -2.37. The Kier molecular flexibility index (Phi) is 5.90. The molecule has 0 N–H and O–H groups in total. The number of hydrogen-bond acceptors (Lipinski definition) is 4. The normalized spacial score (nSPS) is 14.5. The van der Waals surface area contributed by atoms with Crippen LogP contribution in [0.5, 0.6) is 0 Å². The number of halogens is 1. The van der Waals surface area contributed by atoms with E-state index in [2.05, 4.69) is 4.98 Å². The third-order valence-electron chi connectivity index (χ3n) is 5.20. The van der Waals surface area contributed by atoms with Gasteiger partial charge < -0.3 is 9.80 Å². The SMILES string of the molecule is Cc1ccc(-c2nc(C(=O)N3CCCN(C(=O)c4ccccc4F)CC3)cs2)cc1. The highest BCUT2D eigenvalue weighted by atomic mass is 32.1. The molecule has 0 bridgehead atoms. The minimum atomic E-state index is -0.522. The summed E-state index contributed by atoms with van der Waals surface area (Å²) in [4.78, 5) is 33.5. The first-order valence-electron chi connectivity index (χ1n) is 9.88. The summed E-state index contributed by atoms with van der Waals surface area (Å²) < 4.78 is 14.0. The lowest BCUT2D eigenvalue weighted by Gasteiger charge is -2.22. The summed E-state index contributed by atoms with van der Waals surface area (Å²) in [6.45, 7) is 3.82. The lowest BCUT2D eigenvalue weighted by molar-refractivity contribution is 0.0713. The molecular weight excluding hydrogens is 401 g/mol. The van der Waals surface area contributed by atoms with Crippen molar-refractivity contribution < 1.29 is 14.0 Å². The van der Waals surface area contributed by atoms with E-state index in [0.717, 1.165) is 10.6 Å². The van der Waals surface area contributed by atoms with Crippen LogP contribution in [0.15, 0.2) is 53.9 Å². The summed E-state index contributed by atoms with van der Waals surface area (Å²) in [6.07, 6.45) is 0.640. The molecule has 1 saturated heterocycles. The quantitative estimate of drug-likeness (QED) is 0.633. The maximum atomic E-state index is 14.0. The van der Waals surface area contributed by atoms with Crippen LogP contribution in [0.25, 0.3) is 10.6 Å². The number of nitrogens with zero attached hydrogens (tertiary/aromatic N) is 3. The Morgan fingerprint density at radius 3 is 2.30 bits per heavy atom. The molecule has 1 fully saturated rings. The van der Waals surface area contributed by atoms with Crippen LogP contribution in [0.4, 0.5) is 4.39 Å². The van der Waals surface area contributed by atoms with Crippen molar-refractivity contribution in [3.63, 3.8) is 0 Å². The minimum Gasteiger partial charge on any atom is -0.337 e. The fourth-order valence-corrected chi connectivity index (χ4v) is 4.29. The van der Waals surface area contributed by atoms with Gasteiger partial charge in [-0.2, -0.15) is 0 Å². The number of aromatic nitrogens is 1. The molecule has 0 saturated carbocycles. The predicted octanol–water partition coefficient (Wildman–Crippen LogP) is 4.25. The first-order valence-corrected chi connectivity index (χ1v) is 10.8. The Morgan fingerprint density at radius 1 is 0.933 bits per heavy atom. The zero-order chi connectivity index (χ0) is 21.1. The summed E-state index contributed by atoms with van der Waals surface area (Å²) in [5.41, 5.74) is 2.65. The number of benzene rings is 2. The summed E-state index contributed by atoms with van der Waals surface area (Å²) >= 11 is 1.45. The first-order chi connectivity index (χ1) is 14.5. The van der Waals surface area contributed by atoms with Gasteiger partial charge in [-0.15, -0.1) is 11.3 Å². The number of carbonyl (C=O) groups excluding carboxylic acids is 2. The van der Waals surface area contributed by atoms with Gasteiger partial charge in [0, 0.05) is 37.1 Å². The molecule has 1 aromatic heterocycles. The van der Waals surface area contributed by atoms with Crippen molar-refractivity contribution in [1.82, 2.24) is 14.8 Å². The number of hydrogen-bond donors (Lipinski definition) is 0. The molecule has 1 aliphatic rings. The third-order valence-corrected chi connectivity index (χ3v) is 6.09. The second kappa shape index (κ2) is 8.75. The van der Waals surface area contributed by atoms with Gasteiger partial charge >= 0.3 is 0 Å². The number of rotatable bonds is 3. The highest BCUT2D eigenvalue weighted by Gasteiger charge is 2.26. The Labute approximate surface area is 178 Å². The highest BCUT2D eigenvalue weighted by Crippen LogP contribution is 2.25. The van der Waals surface area contributed by atoms with Gasteiger partial charge in [-0.3, -0.25) is 9.59 Å². The van der Waals surface area contributed by atoms with Crippen LogP contribution in [-0.4, -0.2) is 52.8 Å². The molecule has 0 radical (unpaired) electrons. The molecule has 0 atom stereocenters. The van der Waals surface area contributed by atoms with E-state index in [0.29, 0.717) is 38.3 Å². The van der Waals surface area contributed by atoms with Gasteiger partial charge in [-0.25, -0.2) is 9.37 Å². The van der Waals surface area contributed by atoms with E-state index in [9.17, 15) is 14.0 Å². The number of amides is 2. The Hall–Kier alpha value is -3.06. The summed E-state index contributed by atoms with van der Waals surface area (Å²) in [6, 6.07) is 14.0. The molecule has 5 nitrogen and oxygen atoms in total. The summed E-state index contributed by atoms with van der Waals surface area (Å²) in [5, 5.41) is 2.59. The number of aryl methyl sites for hydroxylation is 1. The van der Waals surface area contributed by atoms with E-state index in [-0.39, 0.29) is 17.4 Å². The minimum absolute atomic E-state index is 0.0690. The third kappa shape index (κ3) is 4.26. The Bertz CT molecular complexity index is 1060. The Morgan fingerprint density at radius 2 is 1.60 bits per heavy atom. The molecule has 7 heteroatoms. The van der Waals surface area contributed by atoms with Crippen molar-refractivity contribution in [2.24, 2.45) is 0 Å². The van der Waals surface area contributed by atoms with Gasteiger partial charge in [-0.1, -0.05) is 42.0 Å². The van der Waals surface area contributed by atoms with Crippen LogP contribution in [0.2, 0.25) is 0 Å². The van der Waals surface area contributed by atoms with Crippen molar-refractivity contribution in [1.29, 1.82) is 0 Å². The monoisotopic (exact) mass is 423 g/mol. The largest absolute Gasteiger partial charge is 0.337 e. The van der Waals surface area contributed by atoms with Gasteiger partial charge in [-0.05, 0) is 25.5 Å². The number of thiazole rings is 1. The average Bonchev–Trinajstić information content (AvgIpc) is 3.11. The molecule has 1 aliphatic heterocycles. The molecule has 2 amide bonds. The van der Waals surface area contributed by atoms with E-state index in [1.54, 1.807) is 27.3 Å². The van der Waals surface area contributed by atoms with Crippen molar-refractivity contribution >= 4 is 23.2 Å². The van der Waals surface area contributed by atoms with Crippen LogP contribution in [0.1, 0.15) is 32.8 Å². The van der Waals surface area contributed by atoms with Gasteiger partial charge in [0.15, 0.2) is 0 Å². The zero-order valence-electron chi connectivity index (χ0n) is 16.7. The van der Waals surface area contributed by atoms with Gasteiger partial charge in [0.1, 0.15) is 16.5 Å². The maximum absolute atomic E-state index is 14.0. The average molecular weight is 424 g/mol. The van der Waals surface area contributed by atoms with Crippen LogP contribution < -0.4 is 0 Å². The van der Waals surface area contributed by atoms with Crippen LogP contribution in [-0.2, 0) is 0 Å². The highest BCUT2D eigenvalue weighted by molar-refractivity contribution is 7.13. The predicted molar refractivity (Wildman–Crippen MR) is 115 cm³/mol. The first kappa shape index (κ1) is 20.2. The molecule has 0 spiro atoms. The van der Waals surface area contributed by atoms with Crippen LogP contribution in [0.3, 0.4) is 0 Å².